The Balaban J connectivity index is 1.88. The van der Waals surface area contributed by atoms with Gasteiger partial charge in [-0.25, -0.2) is 9.97 Å². The average molecular weight is 340 g/mol. The third kappa shape index (κ3) is 2.15. The van der Waals surface area contributed by atoms with Crippen molar-refractivity contribution < 1.29 is 9.15 Å². The van der Waals surface area contributed by atoms with Crippen LogP contribution in [-0.2, 0) is 0 Å². The maximum absolute atomic E-state index is 6.20. The maximum atomic E-state index is 6.20. The van der Waals surface area contributed by atoms with E-state index in [4.69, 9.17) is 9.15 Å². The quantitative estimate of drug-likeness (QED) is 0.425. The molecule has 0 saturated carbocycles. The molecule has 0 unspecified atom stereocenters. The minimum atomic E-state index is 0.778. The van der Waals surface area contributed by atoms with Gasteiger partial charge in [0, 0.05) is 27.8 Å². The fourth-order valence-corrected chi connectivity index (χ4v) is 3.53. The molecule has 26 heavy (non-hydrogen) atoms. The molecule has 0 saturated heterocycles. The second-order valence-electron chi connectivity index (χ2n) is 6.39. The molecule has 5 rings (SSSR count). The van der Waals surface area contributed by atoms with Crippen molar-refractivity contribution in [3.63, 3.8) is 0 Å². The predicted molar refractivity (Wildman–Crippen MR) is 104 cm³/mol. The number of nitrogens with zero attached hydrogens (tertiary/aromatic N) is 2. The highest BCUT2D eigenvalue weighted by Crippen LogP contribution is 2.38. The number of aryl methyl sites for hydroxylation is 1. The molecule has 126 valence electrons. The Kier molecular flexibility index (Phi) is 3.19. The fourth-order valence-electron chi connectivity index (χ4n) is 3.53. The first-order chi connectivity index (χ1) is 12.7. The highest BCUT2D eigenvalue weighted by Gasteiger charge is 2.16. The van der Waals surface area contributed by atoms with E-state index in [1.807, 2.05) is 36.4 Å². The standard InChI is InChI=1S/C22H16N2O2/c1-13-9-17-15-5-3-4-6-20(15)26-22(17)18(10-13)21-16-8-7-14(25-2)11-19(16)23-12-24-21/h3-12H,1-2H3. The lowest BCUT2D eigenvalue weighted by molar-refractivity contribution is 0.415. The topological polar surface area (TPSA) is 48.2 Å². The van der Waals surface area contributed by atoms with Crippen molar-refractivity contribution in [3.05, 3.63) is 66.5 Å². The molecule has 0 amide bonds. The van der Waals surface area contributed by atoms with Crippen LogP contribution in [0, 0.1) is 6.92 Å². The van der Waals surface area contributed by atoms with Crippen LogP contribution in [-0.4, -0.2) is 17.1 Å². The highest BCUT2D eigenvalue weighted by molar-refractivity contribution is 6.11. The van der Waals surface area contributed by atoms with Gasteiger partial charge in [-0.05, 0) is 42.8 Å². The van der Waals surface area contributed by atoms with Crippen LogP contribution in [0.25, 0.3) is 44.1 Å². The number of furan rings is 1. The molecule has 0 aliphatic carbocycles. The van der Waals surface area contributed by atoms with E-state index in [0.717, 1.165) is 49.8 Å². The van der Waals surface area contributed by atoms with E-state index in [2.05, 4.69) is 35.1 Å². The Labute approximate surface area is 150 Å². The second kappa shape index (κ2) is 5.56. The monoisotopic (exact) mass is 340 g/mol. The van der Waals surface area contributed by atoms with Gasteiger partial charge in [-0.15, -0.1) is 0 Å². The molecule has 0 aliphatic rings. The molecule has 0 spiro atoms. The van der Waals surface area contributed by atoms with E-state index in [1.54, 1.807) is 13.4 Å². The van der Waals surface area contributed by atoms with Crippen LogP contribution in [0.1, 0.15) is 5.56 Å². The molecule has 5 aromatic rings. The second-order valence-corrected chi connectivity index (χ2v) is 6.39. The Morgan fingerprint density at radius 2 is 1.77 bits per heavy atom. The van der Waals surface area contributed by atoms with Gasteiger partial charge in [-0.3, -0.25) is 0 Å². The van der Waals surface area contributed by atoms with E-state index in [9.17, 15) is 0 Å². The zero-order valence-electron chi connectivity index (χ0n) is 14.5. The number of benzene rings is 3. The number of hydrogen-bond acceptors (Lipinski definition) is 4. The summed E-state index contributed by atoms with van der Waals surface area (Å²) in [4.78, 5) is 8.98. The van der Waals surface area contributed by atoms with Crippen LogP contribution >= 0.6 is 0 Å². The van der Waals surface area contributed by atoms with Gasteiger partial charge in [0.15, 0.2) is 0 Å². The van der Waals surface area contributed by atoms with Crippen LogP contribution in [0.3, 0.4) is 0 Å². The van der Waals surface area contributed by atoms with Gasteiger partial charge in [0.1, 0.15) is 23.2 Å². The number of fused-ring (bicyclic) bond motifs is 4. The van der Waals surface area contributed by atoms with E-state index in [0.29, 0.717) is 0 Å². The summed E-state index contributed by atoms with van der Waals surface area (Å²) < 4.78 is 11.5. The van der Waals surface area contributed by atoms with Crippen molar-refractivity contribution in [3.8, 4) is 17.0 Å². The highest BCUT2D eigenvalue weighted by atomic mass is 16.5. The van der Waals surface area contributed by atoms with E-state index in [1.165, 1.54) is 5.56 Å². The Bertz CT molecular complexity index is 1290. The average Bonchev–Trinajstić information content (AvgIpc) is 3.05. The summed E-state index contributed by atoms with van der Waals surface area (Å²) in [5.41, 5.74) is 5.60. The Morgan fingerprint density at radius 1 is 0.885 bits per heavy atom. The molecule has 2 aromatic heterocycles. The number of rotatable bonds is 2. The predicted octanol–water partition coefficient (Wildman–Crippen LogP) is 5.51. The molecule has 0 bridgehead atoms. The molecule has 0 radical (unpaired) electrons. The molecular weight excluding hydrogens is 324 g/mol. The van der Waals surface area contributed by atoms with Crippen molar-refractivity contribution >= 4 is 32.8 Å². The van der Waals surface area contributed by atoms with E-state index < -0.39 is 0 Å². The minimum Gasteiger partial charge on any atom is -0.497 e. The summed E-state index contributed by atoms with van der Waals surface area (Å²) in [6.45, 7) is 2.09. The molecule has 0 N–H and O–H groups in total. The summed E-state index contributed by atoms with van der Waals surface area (Å²) in [6.07, 6.45) is 1.59. The molecule has 3 aromatic carbocycles. The van der Waals surface area contributed by atoms with Gasteiger partial charge in [0.05, 0.1) is 18.3 Å². The van der Waals surface area contributed by atoms with Crippen molar-refractivity contribution in [2.75, 3.05) is 7.11 Å². The van der Waals surface area contributed by atoms with Crippen LogP contribution in [0.15, 0.2) is 65.3 Å². The number of aromatic nitrogens is 2. The molecule has 0 atom stereocenters. The van der Waals surface area contributed by atoms with Crippen LogP contribution < -0.4 is 4.74 Å². The summed E-state index contributed by atoms with van der Waals surface area (Å²) in [6, 6.07) is 18.3. The molecule has 4 heteroatoms. The lowest BCUT2D eigenvalue weighted by atomic mass is 10.0. The zero-order chi connectivity index (χ0) is 17.7. The third-order valence-corrected chi connectivity index (χ3v) is 4.72. The fraction of sp³-hybridized carbons (Fsp3) is 0.0909. The van der Waals surface area contributed by atoms with Crippen molar-refractivity contribution in [2.24, 2.45) is 0 Å². The Morgan fingerprint density at radius 3 is 2.65 bits per heavy atom. The van der Waals surface area contributed by atoms with Crippen LogP contribution in [0.4, 0.5) is 0 Å². The number of hydrogen-bond donors (Lipinski definition) is 0. The van der Waals surface area contributed by atoms with Gasteiger partial charge in [-0.2, -0.15) is 0 Å². The van der Waals surface area contributed by atoms with Crippen LogP contribution in [0.5, 0.6) is 5.75 Å². The van der Waals surface area contributed by atoms with Gasteiger partial charge < -0.3 is 9.15 Å². The lowest BCUT2D eigenvalue weighted by Gasteiger charge is -2.08. The molecule has 0 aliphatic heterocycles. The largest absolute Gasteiger partial charge is 0.497 e. The SMILES string of the molecule is COc1ccc2c(-c3cc(C)cc4c3oc3ccccc34)ncnc2c1. The summed E-state index contributed by atoms with van der Waals surface area (Å²) in [5, 5.41) is 3.20. The number of methoxy groups -OCH3 is 1. The number of para-hydroxylation sites is 1. The van der Waals surface area contributed by atoms with Gasteiger partial charge >= 0.3 is 0 Å². The zero-order valence-corrected chi connectivity index (χ0v) is 14.5. The normalized spacial score (nSPS) is 11.5. The molecule has 0 fully saturated rings. The summed E-state index contributed by atoms with van der Waals surface area (Å²) in [7, 11) is 1.65. The van der Waals surface area contributed by atoms with Crippen LogP contribution in [0.2, 0.25) is 0 Å². The van der Waals surface area contributed by atoms with Gasteiger partial charge in [0.25, 0.3) is 0 Å². The minimum absolute atomic E-state index is 0.778. The molecule has 4 nitrogen and oxygen atoms in total. The van der Waals surface area contributed by atoms with Crippen molar-refractivity contribution in [2.45, 2.75) is 6.92 Å². The Hall–Kier alpha value is -3.40. The maximum Gasteiger partial charge on any atom is 0.144 e. The first-order valence-corrected chi connectivity index (χ1v) is 8.45. The first kappa shape index (κ1) is 14.9. The van der Waals surface area contributed by atoms with E-state index >= 15 is 0 Å². The number of ether oxygens (including phenoxy) is 1. The summed E-state index contributed by atoms with van der Waals surface area (Å²) >= 11 is 0. The van der Waals surface area contributed by atoms with E-state index in [-0.39, 0.29) is 0 Å². The summed E-state index contributed by atoms with van der Waals surface area (Å²) in [5.74, 6) is 0.778. The molecule has 2 heterocycles. The van der Waals surface area contributed by atoms with Gasteiger partial charge in [-0.1, -0.05) is 18.2 Å². The lowest BCUT2D eigenvalue weighted by Crippen LogP contribution is -1.91. The van der Waals surface area contributed by atoms with Crippen molar-refractivity contribution in [1.82, 2.24) is 9.97 Å². The van der Waals surface area contributed by atoms with Crippen molar-refractivity contribution in [1.29, 1.82) is 0 Å². The third-order valence-electron chi connectivity index (χ3n) is 4.72. The molecular formula is C22H16N2O2. The van der Waals surface area contributed by atoms with Gasteiger partial charge in [0.2, 0.25) is 0 Å². The first-order valence-electron chi connectivity index (χ1n) is 8.45. The smallest absolute Gasteiger partial charge is 0.144 e.